The van der Waals surface area contributed by atoms with Crippen molar-refractivity contribution in [2.24, 2.45) is 0 Å². The van der Waals surface area contributed by atoms with Crippen LogP contribution in [0.25, 0.3) is 0 Å². The molecule has 4 aromatic rings. The smallest absolute Gasteiger partial charge is 0.205 e. The second-order valence-corrected chi connectivity index (χ2v) is 9.86. The number of rotatable bonds is 8. The van der Waals surface area contributed by atoms with Crippen LogP contribution in [0.4, 0.5) is 0 Å². The van der Waals surface area contributed by atoms with Crippen LogP contribution in [0.3, 0.4) is 0 Å². The van der Waals surface area contributed by atoms with Gasteiger partial charge in [0.2, 0.25) is 7.29 Å². The first-order chi connectivity index (χ1) is 15.6. The largest absolute Gasteiger partial charge is 0.497 e. The highest BCUT2D eigenvalue weighted by Gasteiger charge is 2.34. The summed E-state index contributed by atoms with van der Waals surface area (Å²) in [5.41, 5.74) is 1.26. The predicted octanol–water partition coefficient (Wildman–Crippen LogP) is 5.14. The van der Waals surface area contributed by atoms with Crippen LogP contribution in [0.15, 0.2) is 115 Å². The topological polar surface area (TPSA) is 55.4 Å². The number of carbonyl (C=O) groups is 1. The van der Waals surface area contributed by atoms with E-state index >= 15 is 0 Å². The molecule has 1 N–H and O–H groups in total. The fraction of sp³-hybridized carbons (Fsp3) is 0.0741. The third-order valence-electron chi connectivity index (χ3n) is 5.32. The van der Waals surface area contributed by atoms with E-state index in [1.54, 1.807) is 31.4 Å². The summed E-state index contributed by atoms with van der Waals surface area (Å²) in [7, 11) is -1.74. The number of ether oxygens (including phenoxy) is 1. The van der Waals surface area contributed by atoms with E-state index in [-0.39, 0.29) is 5.78 Å². The molecule has 0 heterocycles. The van der Waals surface area contributed by atoms with Crippen molar-refractivity contribution in [1.29, 1.82) is 0 Å². The Balaban J connectivity index is 1.83. The van der Waals surface area contributed by atoms with Crippen LogP contribution in [0.2, 0.25) is 0 Å². The molecule has 5 heteroatoms. The molecule has 0 aliphatic carbocycles. The Bertz CT molecular complexity index is 1170. The van der Waals surface area contributed by atoms with E-state index < -0.39 is 13.3 Å². The maximum atomic E-state index is 14.6. The molecule has 0 fully saturated rings. The van der Waals surface area contributed by atoms with Gasteiger partial charge in [-0.3, -0.25) is 9.36 Å². The molecule has 0 aliphatic heterocycles. The molecule has 0 radical (unpaired) electrons. The first-order valence-electron chi connectivity index (χ1n) is 10.3. The molecule has 0 bridgehead atoms. The Morgan fingerprint density at radius 3 is 1.66 bits per heavy atom. The molecule has 0 amide bonds. The lowest BCUT2D eigenvalue weighted by Crippen LogP contribution is -2.34. The molecular weight excluding hydrogens is 417 g/mol. The SMILES string of the molecule is COc1ccc(C(NP(=O)(c2ccccc2)c2ccccc2)C(=O)c2ccccc2)cc1. The Hall–Kier alpha value is -3.46. The van der Waals surface area contributed by atoms with Gasteiger partial charge in [0.25, 0.3) is 0 Å². The van der Waals surface area contributed by atoms with Crippen LogP contribution in [-0.2, 0) is 4.57 Å². The quantitative estimate of drug-likeness (QED) is 0.304. The molecule has 0 saturated carbocycles. The lowest BCUT2D eigenvalue weighted by Gasteiger charge is -2.27. The highest BCUT2D eigenvalue weighted by atomic mass is 31.2. The van der Waals surface area contributed by atoms with Crippen LogP contribution in [0, 0.1) is 0 Å². The zero-order valence-electron chi connectivity index (χ0n) is 17.7. The molecule has 4 nitrogen and oxygen atoms in total. The van der Waals surface area contributed by atoms with Gasteiger partial charge in [-0.25, -0.2) is 5.09 Å². The van der Waals surface area contributed by atoms with E-state index in [9.17, 15) is 9.36 Å². The molecule has 1 unspecified atom stereocenters. The van der Waals surface area contributed by atoms with Crippen LogP contribution in [-0.4, -0.2) is 12.9 Å². The Morgan fingerprint density at radius 1 is 0.719 bits per heavy atom. The molecule has 160 valence electrons. The van der Waals surface area contributed by atoms with Gasteiger partial charge in [0.15, 0.2) is 5.78 Å². The summed E-state index contributed by atoms with van der Waals surface area (Å²) in [6, 6.07) is 34.0. The molecular formula is C27H24NO3P. The first kappa shape index (κ1) is 21.8. The Morgan fingerprint density at radius 2 is 1.19 bits per heavy atom. The maximum Gasteiger partial charge on any atom is 0.205 e. The van der Waals surface area contributed by atoms with Gasteiger partial charge in [-0.15, -0.1) is 0 Å². The molecule has 1 atom stereocenters. The summed E-state index contributed by atoms with van der Waals surface area (Å²) < 4.78 is 19.8. The average molecular weight is 441 g/mol. The third kappa shape index (κ3) is 4.57. The number of methoxy groups -OCH3 is 1. The standard InChI is InChI=1S/C27H24NO3P/c1-31-23-19-17-21(18-20-23)26(27(29)22-11-5-2-6-12-22)28-32(30,24-13-7-3-8-14-24)25-15-9-4-10-16-25/h2-20,26H,1H3,(H,28,30). The van der Waals surface area contributed by atoms with Crippen molar-refractivity contribution < 1.29 is 14.1 Å². The van der Waals surface area contributed by atoms with Gasteiger partial charge in [0.1, 0.15) is 11.8 Å². The van der Waals surface area contributed by atoms with Crippen molar-refractivity contribution in [3.05, 3.63) is 126 Å². The van der Waals surface area contributed by atoms with Gasteiger partial charge in [-0.05, 0) is 42.0 Å². The molecule has 32 heavy (non-hydrogen) atoms. The summed E-state index contributed by atoms with van der Waals surface area (Å²) in [6.45, 7) is 0. The second kappa shape index (κ2) is 9.78. The van der Waals surface area contributed by atoms with E-state index in [2.05, 4.69) is 5.09 Å². The first-order valence-corrected chi connectivity index (χ1v) is 12.0. The number of benzene rings is 4. The van der Waals surface area contributed by atoms with Gasteiger partial charge < -0.3 is 4.74 Å². The van der Waals surface area contributed by atoms with Crippen molar-refractivity contribution in [3.8, 4) is 5.75 Å². The number of hydrogen-bond acceptors (Lipinski definition) is 3. The highest BCUT2D eigenvalue weighted by Crippen LogP contribution is 2.42. The summed E-state index contributed by atoms with van der Waals surface area (Å²) in [4.78, 5) is 13.6. The lowest BCUT2D eigenvalue weighted by molar-refractivity contribution is 0.0954. The van der Waals surface area contributed by atoms with E-state index in [0.29, 0.717) is 27.5 Å². The second-order valence-electron chi connectivity index (χ2n) is 7.35. The van der Waals surface area contributed by atoms with Gasteiger partial charge in [0.05, 0.1) is 7.11 Å². The van der Waals surface area contributed by atoms with E-state index in [0.717, 1.165) is 0 Å². The maximum absolute atomic E-state index is 14.6. The van der Waals surface area contributed by atoms with Crippen LogP contribution < -0.4 is 20.4 Å². The number of Topliss-reactive ketones (excluding diaryl/α,β-unsaturated/α-hetero) is 1. The van der Waals surface area contributed by atoms with Crippen LogP contribution >= 0.6 is 7.29 Å². The van der Waals surface area contributed by atoms with E-state index in [4.69, 9.17) is 4.74 Å². The van der Waals surface area contributed by atoms with E-state index in [1.807, 2.05) is 91.0 Å². The summed E-state index contributed by atoms with van der Waals surface area (Å²) >= 11 is 0. The van der Waals surface area contributed by atoms with Crippen molar-refractivity contribution in [3.63, 3.8) is 0 Å². The molecule has 0 aliphatic rings. The van der Waals surface area contributed by atoms with Gasteiger partial charge in [-0.1, -0.05) is 78.9 Å². The Kier molecular flexibility index (Phi) is 6.65. The normalized spacial score (nSPS) is 12.2. The molecule has 4 rings (SSSR count). The lowest BCUT2D eigenvalue weighted by atomic mass is 9.98. The molecule has 0 spiro atoms. The fourth-order valence-corrected chi connectivity index (χ4v) is 6.02. The molecule has 4 aromatic carbocycles. The predicted molar refractivity (Wildman–Crippen MR) is 129 cm³/mol. The van der Waals surface area contributed by atoms with Crippen molar-refractivity contribution in [2.75, 3.05) is 7.11 Å². The zero-order chi connectivity index (χ0) is 22.4. The highest BCUT2D eigenvalue weighted by molar-refractivity contribution is 7.77. The summed E-state index contributed by atoms with van der Waals surface area (Å²) in [6.07, 6.45) is 0. The molecule has 0 aromatic heterocycles. The van der Waals surface area contributed by atoms with Crippen molar-refractivity contribution in [1.82, 2.24) is 5.09 Å². The Labute approximate surface area is 188 Å². The number of ketones is 1. The number of hydrogen-bond donors (Lipinski definition) is 1. The van der Waals surface area contributed by atoms with Gasteiger partial charge >= 0.3 is 0 Å². The average Bonchev–Trinajstić information content (AvgIpc) is 2.88. The van der Waals surface area contributed by atoms with Gasteiger partial charge in [0, 0.05) is 16.2 Å². The van der Waals surface area contributed by atoms with Crippen molar-refractivity contribution in [2.45, 2.75) is 6.04 Å². The number of nitrogens with one attached hydrogen (secondary N) is 1. The third-order valence-corrected chi connectivity index (χ3v) is 7.99. The fourth-order valence-electron chi connectivity index (χ4n) is 3.61. The minimum atomic E-state index is -3.34. The summed E-state index contributed by atoms with van der Waals surface area (Å²) in [5, 5.41) is 4.57. The minimum absolute atomic E-state index is 0.150. The number of carbonyl (C=O) groups excluding carboxylic acids is 1. The summed E-state index contributed by atoms with van der Waals surface area (Å²) in [5.74, 6) is 0.539. The monoisotopic (exact) mass is 441 g/mol. The molecule has 0 saturated heterocycles. The van der Waals surface area contributed by atoms with Crippen molar-refractivity contribution >= 4 is 23.7 Å². The minimum Gasteiger partial charge on any atom is -0.497 e. The van der Waals surface area contributed by atoms with Crippen LogP contribution in [0.1, 0.15) is 22.0 Å². The van der Waals surface area contributed by atoms with Gasteiger partial charge in [-0.2, -0.15) is 0 Å². The zero-order valence-corrected chi connectivity index (χ0v) is 18.6. The van der Waals surface area contributed by atoms with E-state index in [1.165, 1.54) is 0 Å². The van der Waals surface area contributed by atoms with Crippen LogP contribution in [0.5, 0.6) is 5.75 Å².